The highest BCUT2D eigenvalue weighted by atomic mass is 32.2. The standard InChI is InChI=1S/C11H17F3N2O3S/c12-11(13,14)20-6-5-15-9(19)16-10(7-8(17)18)3-1-2-4-10/h1-7H2,(H,17,18)(H2,15,16,19). The molecule has 9 heteroatoms. The number of thioether (sulfide) groups is 1. The number of hydrogen-bond donors (Lipinski definition) is 3. The van der Waals surface area contributed by atoms with E-state index in [2.05, 4.69) is 10.6 Å². The normalized spacial score (nSPS) is 17.8. The summed E-state index contributed by atoms with van der Waals surface area (Å²) in [5, 5.41) is 13.8. The van der Waals surface area contributed by atoms with Crippen molar-refractivity contribution in [3.63, 3.8) is 0 Å². The summed E-state index contributed by atoms with van der Waals surface area (Å²) in [5.41, 5.74) is -5.08. The molecule has 0 heterocycles. The van der Waals surface area contributed by atoms with Crippen LogP contribution in [-0.4, -0.2) is 40.5 Å². The maximum atomic E-state index is 11.9. The third-order valence-corrected chi connectivity index (χ3v) is 3.82. The molecule has 0 aromatic rings. The number of carbonyl (C=O) groups is 2. The number of alkyl halides is 3. The lowest BCUT2D eigenvalue weighted by atomic mass is 9.93. The molecule has 1 aliphatic carbocycles. The number of urea groups is 1. The first-order valence-electron chi connectivity index (χ1n) is 6.21. The van der Waals surface area contributed by atoms with Crippen LogP contribution in [0.5, 0.6) is 0 Å². The van der Waals surface area contributed by atoms with E-state index in [0.717, 1.165) is 12.8 Å². The van der Waals surface area contributed by atoms with Gasteiger partial charge in [0.05, 0.1) is 12.0 Å². The molecule has 1 rings (SSSR count). The van der Waals surface area contributed by atoms with Gasteiger partial charge in [-0.05, 0) is 24.6 Å². The Labute approximate surface area is 118 Å². The summed E-state index contributed by atoms with van der Waals surface area (Å²) < 4.78 is 35.6. The van der Waals surface area contributed by atoms with Gasteiger partial charge in [0.2, 0.25) is 0 Å². The van der Waals surface area contributed by atoms with Gasteiger partial charge in [-0.2, -0.15) is 13.2 Å². The van der Waals surface area contributed by atoms with Crippen molar-refractivity contribution in [3.05, 3.63) is 0 Å². The highest BCUT2D eigenvalue weighted by molar-refractivity contribution is 8.00. The first kappa shape index (κ1) is 16.9. The number of halogens is 3. The Bertz CT molecular complexity index is 357. The molecule has 3 N–H and O–H groups in total. The van der Waals surface area contributed by atoms with E-state index in [1.165, 1.54) is 0 Å². The second kappa shape index (κ2) is 7.05. The summed E-state index contributed by atoms with van der Waals surface area (Å²) in [7, 11) is 0. The van der Waals surface area contributed by atoms with E-state index in [0.29, 0.717) is 12.8 Å². The molecular weight excluding hydrogens is 297 g/mol. The fourth-order valence-electron chi connectivity index (χ4n) is 2.30. The van der Waals surface area contributed by atoms with E-state index in [4.69, 9.17) is 5.11 Å². The summed E-state index contributed by atoms with van der Waals surface area (Å²) in [6.07, 6.45) is 2.64. The molecule has 2 amide bonds. The Morgan fingerprint density at radius 2 is 1.85 bits per heavy atom. The third kappa shape index (κ3) is 6.36. The van der Waals surface area contributed by atoms with Crippen LogP contribution in [0.4, 0.5) is 18.0 Å². The highest BCUT2D eigenvalue weighted by Crippen LogP contribution is 2.32. The van der Waals surface area contributed by atoms with Crippen LogP contribution in [-0.2, 0) is 4.79 Å². The molecule has 116 valence electrons. The molecule has 1 saturated carbocycles. The van der Waals surface area contributed by atoms with Crippen LogP contribution in [0.1, 0.15) is 32.1 Å². The SMILES string of the molecule is O=C(O)CC1(NC(=O)NCCSC(F)(F)F)CCCC1. The fraction of sp³-hybridized carbons (Fsp3) is 0.818. The second-order valence-electron chi connectivity index (χ2n) is 4.73. The maximum absolute atomic E-state index is 11.9. The molecule has 0 aromatic heterocycles. The second-order valence-corrected chi connectivity index (χ2v) is 5.89. The molecule has 0 saturated heterocycles. The zero-order valence-corrected chi connectivity index (χ0v) is 11.6. The van der Waals surface area contributed by atoms with Gasteiger partial charge in [-0.3, -0.25) is 4.79 Å². The molecule has 0 spiro atoms. The van der Waals surface area contributed by atoms with Crippen molar-refractivity contribution in [2.75, 3.05) is 12.3 Å². The summed E-state index contributed by atoms with van der Waals surface area (Å²) in [4.78, 5) is 22.4. The van der Waals surface area contributed by atoms with Gasteiger partial charge in [0.15, 0.2) is 0 Å². The molecule has 5 nitrogen and oxygen atoms in total. The molecule has 1 fully saturated rings. The average molecular weight is 314 g/mol. The van der Waals surface area contributed by atoms with Crippen molar-refractivity contribution in [2.24, 2.45) is 0 Å². The number of rotatable bonds is 6. The minimum Gasteiger partial charge on any atom is -0.481 e. The molecular formula is C11H17F3N2O3S. The summed E-state index contributed by atoms with van der Waals surface area (Å²) in [6.45, 7) is -0.126. The number of carboxylic acids is 1. The molecule has 0 unspecified atom stereocenters. The van der Waals surface area contributed by atoms with Crippen LogP contribution >= 0.6 is 11.8 Å². The van der Waals surface area contributed by atoms with Crippen molar-refractivity contribution in [1.82, 2.24) is 10.6 Å². The Morgan fingerprint density at radius 1 is 1.25 bits per heavy atom. The van der Waals surface area contributed by atoms with Crippen LogP contribution in [0.25, 0.3) is 0 Å². The first-order valence-corrected chi connectivity index (χ1v) is 7.19. The Hall–Kier alpha value is -1.12. The van der Waals surface area contributed by atoms with Crippen molar-refractivity contribution in [3.8, 4) is 0 Å². The molecule has 0 bridgehead atoms. The molecule has 1 aliphatic rings. The minimum atomic E-state index is -4.31. The van der Waals surface area contributed by atoms with Gasteiger partial charge in [-0.1, -0.05) is 12.8 Å². The van der Waals surface area contributed by atoms with E-state index in [1.54, 1.807) is 0 Å². The fourth-order valence-corrected chi connectivity index (χ4v) is 2.74. The quantitative estimate of drug-likeness (QED) is 0.658. The lowest BCUT2D eigenvalue weighted by Crippen LogP contribution is -2.52. The zero-order chi connectivity index (χ0) is 15.2. The average Bonchev–Trinajstić information content (AvgIpc) is 2.70. The van der Waals surface area contributed by atoms with E-state index in [9.17, 15) is 22.8 Å². The minimum absolute atomic E-state index is 0.126. The van der Waals surface area contributed by atoms with Gasteiger partial charge in [0.1, 0.15) is 0 Å². The van der Waals surface area contributed by atoms with Crippen LogP contribution in [0.2, 0.25) is 0 Å². The van der Waals surface area contributed by atoms with Gasteiger partial charge in [-0.15, -0.1) is 0 Å². The highest BCUT2D eigenvalue weighted by Gasteiger charge is 2.37. The predicted octanol–water partition coefficient (Wildman–Crippen LogP) is 2.33. The van der Waals surface area contributed by atoms with Gasteiger partial charge in [0, 0.05) is 12.3 Å². The monoisotopic (exact) mass is 314 g/mol. The number of hydrogen-bond acceptors (Lipinski definition) is 3. The van der Waals surface area contributed by atoms with E-state index in [1.807, 2.05) is 0 Å². The number of amides is 2. The van der Waals surface area contributed by atoms with Crippen molar-refractivity contribution < 1.29 is 27.9 Å². The summed E-state index contributed by atoms with van der Waals surface area (Å²) in [6, 6.07) is -0.615. The smallest absolute Gasteiger partial charge is 0.441 e. The topological polar surface area (TPSA) is 78.4 Å². The Morgan fingerprint density at radius 3 is 2.35 bits per heavy atom. The molecule has 0 aliphatic heterocycles. The summed E-state index contributed by atoms with van der Waals surface area (Å²) in [5.74, 6) is -1.28. The largest absolute Gasteiger partial charge is 0.481 e. The number of aliphatic carboxylic acids is 1. The molecule has 20 heavy (non-hydrogen) atoms. The molecule has 0 radical (unpaired) electrons. The van der Waals surface area contributed by atoms with Crippen LogP contribution in [0.3, 0.4) is 0 Å². The molecule has 0 atom stereocenters. The first-order chi connectivity index (χ1) is 9.22. The van der Waals surface area contributed by atoms with Gasteiger partial charge >= 0.3 is 17.5 Å². The van der Waals surface area contributed by atoms with Gasteiger partial charge < -0.3 is 15.7 Å². The van der Waals surface area contributed by atoms with Crippen LogP contribution < -0.4 is 10.6 Å². The summed E-state index contributed by atoms with van der Waals surface area (Å²) >= 11 is -0.209. The zero-order valence-electron chi connectivity index (χ0n) is 10.8. The van der Waals surface area contributed by atoms with Gasteiger partial charge in [-0.25, -0.2) is 4.79 Å². The lowest BCUT2D eigenvalue weighted by Gasteiger charge is -2.28. The Kier molecular flexibility index (Phi) is 5.97. The van der Waals surface area contributed by atoms with Crippen LogP contribution in [0.15, 0.2) is 0 Å². The van der Waals surface area contributed by atoms with E-state index >= 15 is 0 Å². The van der Waals surface area contributed by atoms with Crippen LogP contribution in [0, 0.1) is 0 Å². The van der Waals surface area contributed by atoms with Crippen molar-refractivity contribution in [1.29, 1.82) is 0 Å². The van der Waals surface area contributed by atoms with Crippen molar-refractivity contribution >= 4 is 23.8 Å². The lowest BCUT2D eigenvalue weighted by molar-refractivity contribution is -0.138. The Balaban J connectivity index is 2.34. The number of carboxylic acid groups (broad SMARTS) is 1. The van der Waals surface area contributed by atoms with E-state index < -0.39 is 23.0 Å². The van der Waals surface area contributed by atoms with Gasteiger partial charge in [0.25, 0.3) is 0 Å². The molecule has 0 aromatic carbocycles. The van der Waals surface area contributed by atoms with Crippen molar-refractivity contribution in [2.45, 2.75) is 43.2 Å². The number of nitrogens with one attached hydrogen (secondary N) is 2. The third-order valence-electron chi connectivity index (χ3n) is 3.08. The maximum Gasteiger partial charge on any atom is 0.441 e. The van der Waals surface area contributed by atoms with E-state index in [-0.39, 0.29) is 30.5 Å². The predicted molar refractivity (Wildman–Crippen MR) is 68.5 cm³/mol. The number of carbonyl (C=O) groups excluding carboxylic acids is 1.